The van der Waals surface area contributed by atoms with E-state index in [1.807, 2.05) is 111 Å². The molecule has 0 unspecified atom stereocenters. The van der Waals surface area contributed by atoms with E-state index in [4.69, 9.17) is 9.47 Å². The van der Waals surface area contributed by atoms with Gasteiger partial charge in [-0.05, 0) is 49.2 Å². The van der Waals surface area contributed by atoms with Crippen molar-refractivity contribution in [3.63, 3.8) is 0 Å². The molecule has 0 aliphatic carbocycles. The molecule has 0 N–H and O–H groups in total. The first-order valence-electron chi connectivity index (χ1n) is 12.6. The zero-order valence-corrected chi connectivity index (χ0v) is 21.8. The monoisotopic (exact) mass is 492 g/mol. The minimum Gasteiger partial charge on any atom is -0.493 e. The van der Waals surface area contributed by atoms with Gasteiger partial charge in [-0.15, -0.1) is 0 Å². The predicted molar refractivity (Wildman–Crippen MR) is 147 cm³/mol. The van der Waals surface area contributed by atoms with Crippen molar-refractivity contribution in [1.29, 1.82) is 0 Å². The van der Waals surface area contributed by atoms with Crippen LogP contribution in [0.25, 0.3) is 0 Å². The molecule has 4 nitrogen and oxygen atoms in total. The molecular weight excluding hydrogens is 460 g/mol. The Morgan fingerprint density at radius 2 is 0.973 bits per heavy atom. The second-order valence-electron chi connectivity index (χ2n) is 9.30. The van der Waals surface area contributed by atoms with Gasteiger partial charge in [-0.3, -0.25) is 9.59 Å². The van der Waals surface area contributed by atoms with Crippen LogP contribution in [-0.2, 0) is 5.41 Å². The van der Waals surface area contributed by atoms with Crippen LogP contribution >= 0.6 is 0 Å². The van der Waals surface area contributed by atoms with Crippen LogP contribution in [0.15, 0.2) is 97.1 Å². The van der Waals surface area contributed by atoms with Gasteiger partial charge < -0.3 is 9.47 Å². The predicted octanol–water partition coefficient (Wildman–Crippen LogP) is 7.27. The number of rotatable bonds is 10. The molecule has 0 aromatic heterocycles. The van der Waals surface area contributed by atoms with Gasteiger partial charge in [0.25, 0.3) is 0 Å². The molecule has 4 aromatic rings. The third-order valence-corrected chi connectivity index (χ3v) is 6.56. The highest BCUT2D eigenvalue weighted by atomic mass is 16.5. The molecule has 37 heavy (non-hydrogen) atoms. The van der Waals surface area contributed by atoms with Gasteiger partial charge in [-0.1, -0.05) is 86.6 Å². The lowest BCUT2D eigenvalue weighted by Gasteiger charge is -2.28. The maximum Gasteiger partial charge on any atom is 0.196 e. The molecule has 0 saturated heterocycles. The molecule has 4 rings (SSSR count). The van der Waals surface area contributed by atoms with E-state index in [0.717, 1.165) is 11.1 Å². The van der Waals surface area contributed by atoms with E-state index in [2.05, 4.69) is 13.8 Å². The molecule has 0 radical (unpaired) electrons. The van der Waals surface area contributed by atoms with Gasteiger partial charge in [0, 0.05) is 16.5 Å². The topological polar surface area (TPSA) is 52.6 Å². The summed E-state index contributed by atoms with van der Waals surface area (Å²) in [6.45, 7) is 8.90. The number of hydrogen-bond acceptors (Lipinski definition) is 4. The van der Waals surface area contributed by atoms with Crippen LogP contribution in [0.3, 0.4) is 0 Å². The molecule has 4 aromatic carbocycles. The molecule has 4 heteroatoms. The molecule has 0 spiro atoms. The van der Waals surface area contributed by atoms with Crippen molar-refractivity contribution in [3.8, 4) is 11.5 Å². The molecule has 0 heterocycles. The number of hydrogen-bond donors (Lipinski definition) is 0. The lowest BCUT2D eigenvalue weighted by molar-refractivity contribution is 0.102. The van der Waals surface area contributed by atoms with E-state index in [1.54, 1.807) is 0 Å². The van der Waals surface area contributed by atoms with Gasteiger partial charge in [0.1, 0.15) is 11.5 Å². The van der Waals surface area contributed by atoms with E-state index in [9.17, 15) is 9.59 Å². The van der Waals surface area contributed by atoms with Crippen molar-refractivity contribution in [2.75, 3.05) is 13.2 Å². The van der Waals surface area contributed by atoms with Crippen molar-refractivity contribution >= 4 is 11.6 Å². The van der Waals surface area contributed by atoms with E-state index in [1.165, 1.54) is 0 Å². The molecule has 188 valence electrons. The van der Waals surface area contributed by atoms with Crippen LogP contribution in [0.5, 0.6) is 11.5 Å². The Bertz CT molecular complexity index is 1280. The van der Waals surface area contributed by atoms with Crippen LogP contribution in [0, 0.1) is 0 Å². The highest BCUT2D eigenvalue weighted by Crippen LogP contribution is 2.37. The third-order valence-electron chi connectivity index (χ3n) is 6.56. The summed E-state index contributed by atoms with van der Waals surface area (Å²) >= 11 is 0. The summed E-state index contributed by atoms with van der Waals surface area (Å²) in [5.41, 5.74) is 3.63. The third kappa shape index (κ3) is 5.49. The van der Waals surface area contributed by atoms with Gasteiger partial charge >= 0.3 is 0 Å². The zero-order chi connectivity index (χ0) is 26.4. The zero-order valence-electron chi connectivity index (χ0n) is 21.8. The second kappa shape index (κ2) is 11.3. The smallest absolute Gasteiger partial charge is 0.196 e. The van der Waals surface area contributed by atoms with Gasteiger partial charge in [0.05, 0.1) is 24.3 Å². The first-order valence-corrected chi connectivity index (χ1v) is 12.6. The van der Waals surface area contributed by atoms with Crippen molar-refractivity contribution in [1.82, 2.24) is 0 Å². The maximum absolute atomic E-state index is 13.4. The minimum atomic E-state index is -0.507. The summed E-state index contributed by atoms with van der Waals surface area (Å²) in [6, 6.07) is 30.0. The fraction of sp³-hybridized carbons (Fsp3) is 0.212. The summed E-state index contributed by atoms with van der Waals surface area (Å²) in [6.07, 6.45) is 0. The average molecular weight is 493 g/mol. The Hall–Kier alpha value is -4.18. The largest absolute Gasteiger partial charge is 0.493 e. The van der Waals surface area contributed by atoms with Crippen LogP contribution < -0.4 is 9.47 Å². The Morgan fingerprint density at radius 3 is 1.32 bits per heavy atom. The average Bonchev–Trinajstić information content (AvgIpc) is 2.94. The van der Waals surface area contributed by atoms with Gasteiger partial charge in [-0.25, -0.2) is 0 Å². The highest BCUT2D eigenvalue weighted by Gasteiger charge is 2.28. The van der Waals surface area contributed by atoms with E-state index >= 15 is 0 Å². The first-order chi connectivity index (χ1) is 17.9. The molecule has 0 fully saturated rings. The highest BCUT2D eigenvalue weighted by molar-refractivity contribution is 6.11. The lowest BCUT2D eigenvalue weighted by Crippen LogP contribution is -2.21. The van der Waals surface area contributed by atoms with Crippen molar-refractivity contribution in [3.05, 3.63) is 130 Å². The first kappa shape index (κ1) is 25.9. The van der Waals surface area contributed by atoms with Crippen LogP contribution in [0.1, 0.15) is 70.7 Å². The summed E-state index contributed by atoms with van der Waals surface area (Å²) in [5, 5.41) is 0. The van der Waals surface area contributed by atoms with E-state index < -0.39 is 5.41 Å². The molecular formula is C33H32O4. The molecule has 0 amide bonds. The van der Waals surface area contributed by atoms with Crippen molar-refractivity contribution in [2.45, 2.75) is 33.1 Å². The summed E-state index contributed by atoms with van der Waals surface area (Å²) < 4.78 is 11.6. The molecule has 0 aliphatic rings. The number of ether oxygens (including phenoxy) is 2. The second-order valence-corrected chi connectivity index (χ2v) is 9.30. The van der Waals surface area contributed by atoms with Crippen LogP contribution in [-0.4, -0.2) is 24.8 Å². The normalized spacial score (nSPS) is 11.1. The SMILES string of the molecule is CCOc1ccc(C(C)(C)c2ccc(OCC)c(C(=O)c3ccccc3)c2)cc1C(=O)c1ccccc1. The van der Waals surface area contributed by atoms with Gasteiger partial charge in [0.2, 0.25) is 0 Å². The molecule has 0 bridgehead atoms. The number of carbonyl (C=O) groups excluding carboxylic acids is 2. The summed E-state index contributed by atoms with van der Waals surface area (Å²) in [7, 11) is 0. The molecule has 0 atom stereocenters. The lowest BCUT2D eigenvalue weighted by atomic mass is 9.76. The quantitative estimate of drug-likeness (QED) is 0.218. The van der Waals surface area contributed by atoms with Crippen LogP contribution in [0.4, 0.5) is 0 Å². The van der Waals surface area contributed by atoms with Crippen molar-refractivity contribution in [2.24, 2.45) is 0 Å². The van der Waals surface area contributed by atoms with Gasteiger partial charge in [0.15, 0.2) is 11.6 Å². The summed E-state index contributed by atoms with van der Waals surface area (Å²) in [5.74, 6) is 0.937. The Morgan fingerprint density at radius 1 is 0.595 bits per heavy atom. The Balaban J connectivity index is 1.79. The standard InChI is InChI=1S/C33H32O4/c1-5-36-29-19-17-25(21-27(29)31(34)23-13-9-7-10-14-23)33(3,4)26-18-20-30(37-6-2)28(22-26)32(35)24-15-11-8-12-16-24/h7-22H,5-6H2,1-4H3. The van der Waals surface area contributed by atoms with Crippen LogP contribution in [0.2, 0.25) is 0 Å². The maximum atomic E-state index is 13.4. The fourth-order valence-corrected chi connectivity index (χ4v) is 4.41. The summed E-state index contributed by atoms with van der Waals surface area (Å²) in [4.78, 5) is 26.9. The van der Waals surface area contributed by atoms with Crippen molar-refractivity contribution < 1.29 is 19.1 Å². The number of benzene rings is 4. The van der Waals surface area contributed by atoms with E-state index in [-0.39, 0.29) is 11.6 Å². The van der Waals surface area contributed by atoms with E-state index in [0.29, 0.717) is 47.0 Å². The number of carbonyl (C=O) groups is 2. The Kier molecular flexibility index (Phi) is 7.88. The minimum absolute atomic E-state index is 0.0895. The Labute approximate surface area is 218 Å². The molecule has 0 saturated carbocycles. The molecule has 0 aliphatic heterocycles. The fourth-order valence-electron chi connectivity index (χ4n) is 4.41. The number of ketones is 2. The van der Waals surface area contributed by atoms with Gasteiger partial charge in [-0.2, -0.15) is 0 Å².